The lowest BCUT2D eigenvalue weighted by molar-refractivity contribution is 0.0474. The number of nitrogens with two attached hydrogens (primary N) is 1. The van der Waals surface area contributed by atoms with Crippen molar-refractivity contribution in [1.29, 1.82) is 0 Å². The van der Waals surface area contributed by atoms with Gasteiger partial charge in [-0.2, -0.15) is 0 Å². The standard InChI is InChI=1S/C19H15ClN2O5/c1-10-5-16-14(8-15(10)20)12(7-17(23)27-16)9-26-18(24)11-3-2-4-13(6-11)22-19(21)25/h2-8H,9H2,1H3,(H3,21,22,25). The van der Waals surface area contributed by atoms with Crippen LogP contribution in [0.5, 0.6) is 0 Å². The van der Waals surface area contributed by atoms with Gasteiger partial charge in [0.25, 0.3) is 0 Å². The summed E-state index contributed by atoms with van der Waals surface area (Å²) in [6.45, 7) is 1.65. The molecule has 0 radical (unpaired) electrons. The highest BCUT2D eigenvalue weighted by Gasteiger charge is 2.13. The van der Waals surface area contributed by atoms with Crippen LogP contribution in [-0.2, 0) is 11.3 Å². The molecule has 0 bridgehead atoms. The number of amides is 2. The molecule has 0 spiro atoms. The first-order chi connectivity index (χ1) is 12.8. The van der Waals surface area contributed by atoms with E-state index in [1.165, 1.54) is 18.2 Å². The van der Waals surface area contributed by atoms with Crippen molar-refractivity contribution >= 4 is 40.3 Å². The van der Waals surface area contributed by atoms with E-state index in [0.29, 0.717) is 27.2 Å². The third-order valence-electron chi connectivity index (χ3n) is 3.83. The number of carbonyl (C=O) groups excluding carboxylic acids is 2. The summed E-state index contributed by atoms with van der Waals surface area (Å²) in [6.07, 6.45) is 0. The molecule has 0 fully saturated rings. The lowest BCUT2D eigenvalue weighted by atomic mass is 10.1. The molecule has 1 aromatic heterocycles. The summed E-state index contributed by atoms with van der Waals surface area (Å²) < 4.78 is 10.5. The number of aryl methyl sites for hydroxylation is 1. The molecule has 0 saturated carbocycles. The molecule has 2 aromatic carbocycles. The molecule has 3 N–H and O–H groups in total. The van der Waals surface area contributed by atoms with Gasteiger partial charge >= 0.3 is 17.6 Å². The van der Waals surface area contributed by atoms with Crippen LogP contribution in [-0.4, -0.2) is 12.0 Å². The van der Waals surface area contributed by atoms with E-state index in [0.717, 1.165) is 5.56 Å². The van der Waals surface area contributed by atoms with Gasteiger partial charge in [0, 0.05) is 27.7 Å². The molecule has 3 rings (SSSR count). The fourth-order valence-corrected chi connectivity index (χ4v) is 2.72. The molecule has 0 aliphatic heterocycles. The monoisotopic (exact) mass is 386 g/mol. The lowest BCUT2D eigenvalue weighted by Gasteiger charge is -2.09. The minimum absolute atomic E-state index is 0.145. The molecule has 0 aliphatic carbocycles. The third kappa shape index (κ3) is 4.27. The van der Waals surface area contributed by atoms with E-state index >= 15 is 0 Å². The Morgan fingerprint density at radius 2 is 2.00 bits per heavy atom. The number of hydrogen-bond acceptors (Lipinski definition) is 5. The van der Waals surface area contributed by atoms with Crippen LogP contribution in [0.1, 0.15) is 21.5 Å². The molecular formula is C19H15ClN2O5. The minimum atomic E-state index is -0.741. The Balaban J connectivity index is 1.84. The second kappa shape index (κ2) is 7.51. The number of hydrogen-bond donors (Lipinski definition) is 2. The molecule has 7 nitrogen and oxygen atoms in total. The predicted molar refractivity (Wildman–Crippen MR) is 101 cm³/mol. The molecule has 0 aliphatic rings. The number of anilines is 1. The van der Waals surface area contributed by atoms with Gasteiger partial charge in [-0.15, -0.1) is 0 Å². The number of nitrogens with one attached hydrogen (secondary N) is 1. The molecule has 3 aromatic rings. The van der Waals surface area contributed by atoms with Crippen molar-refractivity contribution in [2.45, 2.75) is 13.5 Å². The van der Waals surface area contributed by atoms with Crippen LogP contribution < -0.4 is 16.7 Å². The zero-order chi connectivity index (χ0) is 19.6. The van der Waals surface area contributed by atoms with Gasteiger partial charge in [0.15, 0.2) is 0 Å². The number of urea groups is 1. The van der Waals surface area contributed by atoms with Gasteiger partial charge in [-0.05, 0) is 42.8 Å². The maximum atomic E-state index is 12.3. The quantitative estimate of drug-likeness (QED) is 0.525. The average Bonchev–Trinajstić information content (AvgIpc) is 2.60. The van der Waals surface area contributed by atoms with E-state index < -0.39 is 17.6 Å². The topological polar surface area (TPSA) is 112 Å². The van der Waals surface area contributed by atoms with Crippen molar-refractivity contribution in [2.24, 2.45) is 5.73 Å². The predicted octanol–water partition coefficient (Wildman–Crippen LogP) is 3.60. The Kier molecular flexibility index (Phi) is 5.14. The van der Waals surface area contributed by atoms with Gasteiger partial charge in [-0.3, -0.25) is 0 Å². The highest BCUT2D eigenvalue weighted by atomic mass is 35.5. The van der Waals surface area contributed by atoms with Gasteiger partial charge in [0.2, 0.25) is 0 Å². The lowest BCUT2D eigenvalue weighted by Crippen LogP contribution is -2.19. The summed E-state index contributed by atoms with van der Waals surface area (Å²) >= 11 is 6.14. The van der Waals surface area contributed by atoms with Crippen molar-refractivity contribution in [3.63, 3.8) is 0 Å². The van der Waals surface area contributed by atoms with Crippen molar-refractivity contribution in [3.05, 3.63) is 74.6 Å². The Hall–Kier alpha value is -3.32. The Labute approximate surface area is 158 Å². The molecule has 0 atom stereocenters. The SMILES string of the molecule is Cc1cc2oc(=O)cc(COC(=O)c3cccc(NC(N)=O)c3)c2cc1Cl. The Morgan fingerprint density at radius 3 is 2.74 bits per heavy atom. The van der Waals surface area contributed by atoms with Crippen molar-refractivity contribution in [2.75, 3.05) is 5.32 Å². The molecule has 8 heteroatoms. The van der Waals surface area contributed by atoms with E-state index in [1.54, 1.807) is 31.2 Å². The molecule has 138 valence electrons. The van der Waals surface area contributed by atoms with Crippen LogP contribution in [0.4, 0.5) is 10.5 Å². The number of halogens is 1. The van der Waals surface area contributed by atoms with E-state index in [-0.39, 0.29) is 12.2 Å². The summed E-state index contributed by atoms with van der Waals surface area (Å²) in [5, 5.41) is 3.47. The van der Waals surface area contributed by atoms with Crippen LogP contribution in [0.3, 0.4) is 0 Å². The Morgan fingerprint density at radius 1 is 1.22 bits per heavy atom. The third-order valence-corrected chi connectivity index (χ3v) is 4.24. The highest BCUT2D eigenvalue weighted by molar-refractivity contribution is 6.32. The number of carbonyl (C=O) groups is 2. The van der Waals surface area contributed by atoms with E-state index in [4.69, 9.17) is 26.5 Å². The zero-order valence-corrected chi connectivity index (χ0v) is 15.0. The van der Waals surface area contributed by atoms with E-state index in [2.05, 4.69) is 5.32 Å². The number of rotatable bonds is 4. The molecule has 0 unspecified atom stereocenters. The molecule has 0 saturated heterocycles. The van der Waals surface area contributed by atoms with Crippen molar-refractivity contribution < 1.29 is 18.7 Å². The fraction of sp³-hybridized carbons (Fsp3) is 0.105. The van der Waals surface area contributed by atoms with Crippen molar-refractivity contribution in [1.82, 2.24) is 0 Å². The summed E-state index contributed by atoms with van der Waals surface area (Å²) in [4.78, 5) is 35.0. The maximum Gasteiger partial charge on any atom is 0.338 e. The van der Waals surface area contributed by atoms with E-state index in [1.807, 2.05) is 0 Å². The Bertz CT molecular complexity index is 1110. The first kappa shape index (κ1) is 18.5. The first-order valence-electron chi connectivity index (χ1n) is 7.90. The number of primary amides is 1. The smallest absolute Gasteiger partial charge is 0.338 e. The van der Waals surface area contributed by atoms with Gasteiger partial charge in [-0.1, -0.05) is 17.7 Å². The van der Waals surface area contributed by atoms with E-state index in [9.17, 15) is 14.4 Å². The van der Waals surface area contributed by atoms with Crippen LogP contribution in [0.15, 0.2) is 51.7 Å². The average molecular weight is 387 g/mol. The number of fused-ring (bicyclic) bond motifs is 1. The molecule has 2 amide bonds. The molecule has 27 heavy (non-hydrogen) atoms. The first-order valence-corrected chi connectivity index (χ1v) is 8.28. The maximum absolute atomic E-state index is 12.3. The van der Waals surface area contributed by atoms with Gasteiger partial charge < -0.3 is 20.2 Å². The van der Waals surface area contributed by atoms with Gasteiger partial charge in [-0.25, -0.2) is 14.4 Å². The summed E-state index contributed by atoms with van der Waals surface area (Å²) in [5.74, 6) is -0.622. The van der Waals surface area contributed by atoms with Crippen LogP contribution in [0.2, 0.25) is 5.02 Å². The highest BCUT2D eigenvalue weighted by Crippen LogP contribution is 2.25. The number of ether oxygens (including phenoxy) is 1. The van der Waals surface area contributed by atoms with Gasteiger partial charge in [0.05, 0.1) is 5.56 Å². The number of esters is 1. The van der Waals surface area contributed by atoms with Crippen LogP contribution in [0.25, 0.3) is 11.0 Å². The summed E-state index contributed by atoms with van der Waals surface area (Å²) in [7, 11) is 0. The zero-order valence-electron chi connectivity index (χ0n) is 14.2. The second-order valence-corrected chi connectivity index (χ2v) is 6.24. The van der Waals surface area contributed by atoms with Gasteiger partial charge in [0.1, 0.15) is 12.2 Å². The normalized spacial score (nSPS) is 10.6. The van der Waals surface area contributed by atoms with Crippen molar-refractivity contribution in [3.8, 4) is 0 Å². The molecular weight excluding hydrogens is 372 g/mol. The minimum Gasteiger partial charge on any atom is -0.457 e. The second-order valence-electron chi connectivity index (χ2n) is 5.83. The van der Waals surface area contributed by atoms with Crippen LogP contribution >= 0.6 is 11.6 Å². The summed E-state index contributed by atoms with van der Waals surface area (Å²) in [5.41, 5.74) is 6.70. The summed E-state index contributed by atoms with van der Waals surface area (Å²) in [6, 6.07) is 9.97. The van der Waals surface area contributed by atoms with Crippen LogP contribution in [0, 0.1) is 6.92 Å². The number of benzene rings is 2. The molecule has 1 heterocycles. The largest absolute Gasteiger partial charge is 0.457 e. The fourth-order valence-electron chi connectivity index (χ4n) is 2.56.